The van der Waals surface area contributed by atoms with Crippen molar-refractivity contribution in [1.82, 2.24) is 10.6 Å². The molecule has 0 radical (unpaired) electrons. The van der Waals surface area contributed by atoms with Gasteiger partial charge in [-0.3, -0.25) is 9.59 Å². The molecule has 1 aliphatic carbocycles. The zero-order valence-corrected chi connectivity index (χ0v) is 13.4. The second-order valence-electron chi connectivity index (χ2n) is 5.84. The first kappa shape index (κ1) is 16.3. The molecular weight excluding hydrogens is 280 g/mol. The Balaban J connectivity index is 1.95. The van der Waals surface area contributed by atoms with Crippen molar-refractivity contribution in [2.24, 2.45) is 5.92 Å². The Hall–Kier alpha value is -2.04. The average molecular weight is 304 g/mol. The van der Waals surface area contributed by atoms with Gasteiger partial charge in [-0.25, -0.2) is 0 Å². The summed E-state index contributed by atoms with van der Waals surface area (Å²) < 4.78 is 5.29. The Morgan fingerprint density at radius 1 is 1.18 bits per heavy atom. The van der Waals surface area contributed by atoms with Crippen LogP contribution in [0.15, 0.2) is 18.2 Å². The second kappa shape index (κ2) is 7.29. The lowest BCUT2D eigenvalue weighted by Gasteiger charge is -2.28. The number of rotatable bonds is 4. The van der Waals surface area contributed by atoms with Crippen LogP contribution in [0.2, 0.25) is 0 Å². The number of amides is 2. The molecule has 2 rings (SSSR count). The molecule has 5 nitrogen and oxygen atoms in total. The molecule has 1 fully saturated rings. The highest BCUT2D eigenvalue weighted by molar-refractivity contribution is 5.97. The number of methoxy groups -OCH3 is 1. The molecule has 0 aromatic heterocycles. The smallest absolute Gasteiger partial charge is 0.255 e. The maximum Gasteiger partial charge on any atom is 0.255 e. The summed E-state index contributed by atoms with van der Waals surface area (Å²) in [4.78, 5) is 24.0. The molecule has 22 heavy (non-hydrogen) atoms. The molecule has 0 bridgehead atoms. The quantitative estimate of drug-likeness (QED) is 0.894. The van der Waals surface area contributed by atoms with E-state index in [4.69, 9.17) is 4.74 Å². The molecule has 1 aromatic rings. The van der Waals surface area contributed by atoms with E-state index in [2.05, 4.69) is 10.6 Å². The van der Waals surface area contributed by atoms with Gasteiger partial charge < -0.3 is 15.4 Å². The Labute approximate surface area is 131 Å². The summed E-state index contributed by atoms with van der Waals surface area (Å²) in [5.74, 6) is 0.661. The highest BCUT2D eigenvalue weighted by atomic mass is 16.5. The maximum atomic E-state index is 12.4. The van der Waals surface area contributed by atoms with E-state index in [-0.39, 0.29) is 23.8 Å². The number of benzene rings is 1. The van der Waals surface area contributed by atoms with Crippen molar-refractivity contribution in [3.8, 4) is 5.75 Å². The zero-order chi connectivity index (χ0) is 16.1. The van der Waals surface area contributed by atoms with Gasteiger partial charge in [0, 0.05) is 19.0 Å². The molecule has 0 unspecified atom stereocenters. The van der Waals surface area contributed by atoms with Gasteiger partial charge in [0.15, 0.2) is 0 Å². The summed E-state index contributed by atoms with van der Waals surface area (Å²) in [7, 11) is 3.24. The van der Waals surface area contributed by atoms with E-state index in [1.807, 2.05) is 19.1 Å². The summed E-state index contributed by atoms with van der Waals surface area (Å²) in [6.07, 6.45) is 3.29. The van der Waals surface area contributed by atoms with Crippen molar-refractivity contribution in [3.63, 3.8) is 0 Å². The number of nitrogens with one attached hydrogen (secondary N) is 2. The van der Waals surface area contributed by atoms with Crippen molar-refractivity contribution >= 4 is 11.8 Å². The molecule has 1 aromatic carbocycles. The lowest BCUT2D eigenvalue weighted by molar-refractivity contribution is -0.125. The van der Waals surface area contributed by atoms with Crippen molar-refractivity contribution in [3.05, 3.63) is 29.3 Å². The topological polar surface area (TPSA) is 67.4 Å². The predicted molar refractivity (Wildman–Crippen MR) is 85.0 cm³/mol. The van der Waals surface area contributed by atoms with Crippen molar-refractivity contribution in [2.75, 3.05) is 14.2 Å². The van der Waals surface area contributed by atoms with Crippen LogP contribution in [0.3, 0.4) is 0 Å². The summed E-state index contributed by atoms with van der Waals surface area (Å²) in [6.45, 7) is 1.96. The SMILES string of the molecule is CNC(=O)C1CCC(NC(=O)c2ccc(C)cc2OC)CC1. The molecular formula is C17H24N2O3. The molecule has 0 saturated heterocycles. The lowest BCUT2D eigenvalue weighted by Crippen LogP contribution is -2.40. The maximum absolute atomic E-state index is 12.4. The molecule has 120 valence electrons. The molecule has 0 spiro atoms. The van der Waals surface area contributed by atoms with E-state index < -0.39 is 0 Å². The van der Waals surface area contributed by atoms with Crippen molar-refractivity contribution < 1.29 is 14.3 Å². The van der Waals surface area contributed by atoms with Crippen LogP contribution in [0.1, 0.15) is 41.6 Å². The first-order valence-corrected chi connectivity index (χ1v) is 7.72. The number of carbonyl (C=O) groups excluding carboxylic acids is 2. The number of carbonyl (C=O) groups is 2. The van der Waals surface area contributed by atoms with E-state index in [1.165, 1.54) is 0 Å². The largest absolute Gasteiger partial charge is 0.496 e. The number of hydrogen-bond donors (Lipinski definition) is 2. The Kier molecular flexibility index (Phi) is 5.41. The van der Waals surface area contributed by atoms with E-state index in [9.17, 15) is 9.59 Å². The molecule has 1 aliphatic rings. The van der Waals surface area contributed by atoms with Crippen LogP contribution in [0.25, 0.3) is 0 Å². The normalized spacial score (nSPS) is 21.0. The van der Waals surface area contributed by atoms with Crippen LogP contribution < -0.4 is 15.4 Å². The number of ether oxygens (including phenoxy) is 1. The van der Waals surface area contributed by atoms with Gasteiger partial charge in [0.1, 0.15) is 5.75 Å². The zero-order valence-electron chi connectivity index (χ0n) is 13.4. The summed E-state index contributed by atoms with van der Waals surface area (Å²) >= 11 is 0. The molecule has 0 aliphatic heterocycles. The Bertz CT molecular complexity index is 549. The first-order chi connectivity index (χ1) is 10.5. The fourth-order valence-corrected chi connectivity index (χ4v) is 2.95. The van der Waals surface area contributed by atoms with Crippen LogP contribution >= 0.6 is 0 Å². The van der Waals surface area contributed by atoms with E-state index >= 15 is 0 Å². The van der Waals surface area contributed by atoms with Gasteiger partial charge in [0.2, 0.25) is 5.91 Å². The van der Waals surface area contributed by atoms with Crippen LogP contribution in [0.5, 0.6) is 5.75 Å². The van der Waals surface area contributed by atoms with Gasteiger partial charge in [-0.15, -0.1) is 0 Å². The van der Waals surface area contributed by atoms with Gasteiger partial charge in [-0.2, -0.15) is 0 Å². The molecule has 2 N–H and O–H groups in total. The lowest BCUT2D eigenvalue weighted by atomic mass is 9.85. The summed E-state index contributed by atoms with van der Waals surface area (Å²) in [5.41, 5.74) is 1.61. The summed E-state index contributed by atoms with van der Waals surface area (Å²) in [6, 6.07) is 5.68. The highest BCUT2D eigenvalue weighted by Crippen LogP contribution is 2.25. The molecule has 1 saturated carbocycles. The van der Waals surface area contributed by atoms with Gasteiger partial charge in [0.05, 0.1) is 12.7 Å². The third-order valence-electron chi connectivity index (χ3n) is 4.28. The van der Waals surface area contributed by atoms with E-state index in [0.717, 1.165) is 31.2 Å². The number of hydrogen-bond acceptors (Lipinski definition) is 3. The molecule has 0 heterocycles. The monoisotopic (exact) mass is 304 g/mol. The molecule has 0 atom stereocenters. The average Bonchev–Trinajstić information content (AvgIpc) is 2.54. The van der Waals surface area contributed by atoms with Crippen LogP contribution in [0.4, 0.5) is 0 Å². The molecule has 2 amide bonds. The van der Waals surface area contributed by atoms with Gasteiger partial charge >= 0.3 is 0 Å². The third kappa shape index (κ3) is 3.78. The fourth-order valence-electron chi connectivity index (χ4n) is 2.95. The van der Waals surface area contributed by atoms with Crippen molar-refractivity contribution in [2.45, 2.75) is 38.6 Å². The van der Waals surface area contributed by atoms with Gasteiger partial charge in [-0.05, 0) is 50.3 Å². The highest BCUT2D eigenvalue weighted by Gasteiger charge is 2.27. The minimum Gasteiger partial charge on any atom is -0.496 e. The molecule has 5 heteroatoms. The predicted octanol–water partition coefficient (Wildman–Crippen LogP) is 2.04. The van der Waals surface area contributed by atoms with Gasteiger partial charge in [0.25, 0.3) is 5.91 Å². The van der Waals surface area contributed by atoms with Crippen LogP contribution in [-0.2, 0) is 4.79 Å². The Morgan fingerprint density at radius 3 is 2.45 bits per heavy atom. The fraction of sp³-hybridized carbons (Fsp3) is 0.529. The number of aryl methyl sites for hydroxylation is 1. The standard InChI is InChI=1S/C17H24N2O3/c1-11-4-9-14(15(10-11)22-3)17(21)19-13-7-5-12(6-8-13)16(20)18-2/h4,9-10,12-13H,5-8H2,1-3H3,(H,18,20)(H,19,21). The van der Waals surface area contributed by atoms with E-state index in [1.54, 1.807) is 20.2 Å². The third-order valence-corrected chi connectivity index (χ3v) is 4.28. The minimum atomic E-state index is -0.111. The van der Waals surface area contributed by atoms with E-state index in [0.29, 0.717) is 11.3 Å². The van der Waals surface area contributed by atoms with Crippen molar-refractivity contribution in [1.29, 1.82) is 0 Å². The van der Waals surface area contributed by atoms with Crippen LogP contribution in [-0.4, -0.2) is 32.0 Å². The van der Waals surface area contributed by atoms with Gasteiger partial charge in [-0.1, -0.05) is 6.07 Å². The summed E-state index contributed by atoms with van der Waals surface area (Å²) in [5, 5.41) is 5.75. The van der Waals surface area contributed by atoms with Crippen LogP contribution in [0, 0.1) is 12.8 Å². The first-order valence-electron chi connectivity index (χ1n) is 7.72. The minimum absolute atomic E-state index is 0.0760. The Morgan fingerprint density at radius 2 is 1.86 bits per heavy atom. The second-order valence-corrected chi connectivity index (χ2v) is 5.84.